The summed E-state index contributed by atoms with van der Waals surface area (Å²) in [6.45, 7) is 5.07. The van der Waals surface area contributed by atoms with Crippen molar-refractivity contribution in [2.24, 2.45) is 0 Å². The van der Waals surface area contributed by atoms with Crippen molar-refractivity contribution in [1.29, 1.82) is 0 Å². The molecule has 1 aliphatic rings. The Bertz CT molecular complexity index is 728. The number of piperazine rings is 1. The summed E-state index contributed by atoms with van der Waals surface area (Å²) in [5.74, 6) is -0.267. The van der Waals surface area contributed by atoms with Crippen LogP contribution in [0.5, 0.6) is 0 Å². The molecule has 2 aromatic rings. The molecule has 0 atom stereocenters. The van der Waals surface area contributed by atoms with Crippen LogP contribution in [-0.4, -0.2) is 54.5 Å². The first-order chi connectivity index (χ1) is 13.2. The summed E-state index contributed by atoms with van der Waals surface area (Å²) in [5.41, 5.74) is 2.30. The van der Waals surface area contributed by atoms with Crippen molar-refractivity contribution < 1.29 is 9.59 Å². The molecule has 0 spiro atoms. The minimum Gasteiger partial charge on any atom is -0.334 e. The zero-order valence-electron chi connectivity index (χ0n) is 15.4. The Morgan fingerprint density at radius 2 is 1.33 bits per heavy atom. The van der Waals surface area contributed by atoms with Crippen LogP contribution in [0.25, 0.3) is 0 Å². The lowest BCUT2D eigenvalue weighted by atomic mass is 10.2. The van der Waals surface area contributed by atoms with E-state index in [9.17, 15) is 9.59 Å². The van der Waals surface area contributed by atoms with Crippen LogP contribution in [0.2, 0.25) is 0 Å². The maximum absolute atomic E-state index is 12.1. The van der Waals surface area contributed by atoms with E-state index in [1.54, 1.807) is 0 Å². The van der Waals surface area contributed by atoms with Crippen LogP contribution in [-0.2, 0) is 17.9 Å². The van der Waals surface area contributed by atoms with E-state index < -0.39 is 6.03 Å². The number of benzene rings is 2. The molecule has 2 N–H and O–H groups in total. The number of rotatable bonds is 6. The van der Waals surface area contributed by atoms with Gasteiger partial charge >= 0.3 is 6.03 Å². The number of hydrogen-bond acceptors (Lipinski definition) is 4. The van der Waals surface area contributed by atoms with Gasteiger partial charge in [-0.15, -0.1) is 0 Å². The standard InChI is InChI=1S/C21H26N4O2/c26-20(23-21(27)22-15-18-7-3-1-4-8-18)17-25-13-11-24(12-14-25)16-19-9-5-2-6-10-19/h1-10H,11-17H2,(H2,22,23,26,27). The molecule has 27 heavy (non-hydrogen) atoms. The van der Waals surface area contributed by atoms with Gasteiger partial charge in [0.2, 0.25) is 5.91 Å². The number of amides is 3. The largest absolute Gasteiger partial charge is 0.334 e. The van der Waals surface area contributed by atoms with E-state index in [4.69, 9.17) is 0 Å². The Labute approximate surface area is 160 Å². The van der Waals surface area contributed by atoms with Gasteiger partial charge in [0.1, 0.15) is 0 Å². The molecule has 0 unspecified atom stereocenters. The molecule has 142 valence electrons. The third-order valence-corrected chi connectivity index (χ3v) is 4.63. The lowest BCUT2D eigenvalue weighted by Gasteiger charge is -2.34. The summed E-state index contributed by atoms with van der Waals surface area (Å²) in [7, 11) is 0. The number of nitrogens with one attached hydrogen (secondary N) is 2. The van der Waals surface area contributed by atoms with E-state index in [2.05, 4.69) is 44.7 Å². The van der Waals surface area contributed by atoms with Gasteiger partial charge in [-0.2, -0.15) is 0 Å². The molecular formula is C21H26N4O2. The molecule has 0 radical (unpaired) electrons. The highest BCUT2D eigenvalue weighted by molar-refractivity contribution is 5.95. The van der Waals surface area contributed by atoms with E-state index in [0.29, 0.717) is 6.54 Å². The Hall–Kier alpha value is -2.70. The van der Waals surface area contributed by atoms with E-state index in [1.807, 2.05) is 36.4 Å². The van der Waals surface area contributed by atoms with Gasteiger partial charge < -0.3 is 5.32 Å². The van der Waals surface area contributed by atoms with Crippen molar-refractivity contribution in [3.63, 3.8) is 0 Å². The van der Waals surface area contributed by atoms with Gasteiger partial charge in [0.05, 0.1) is 6.54 Å². The summed E-state index contributed by atoms with van der Waals surface area (Å²) in [4.78, 5) is 28.4. The maximum atomic E-state index is 12.1. The molecular weight excluding hydrogens is 340 g/mol. The lowest BCUT2D eigenvalue weighted by molar-refractivity contribution is -0.121. The normalized spacial score (nSPS) is 15.3. The van der Waals surface area contributed by atoms with Crippen molar-refractivity contribution in [3.8, 4) is 0 Å². The molecule has 2 aromatic carbocycles. The van der Waals surface area contributed by atoms with E-state index >= 15 is 0 Å². The first-order valence-corrected chi connectivity index (χ1v) is 9.29. The summed E-state index contributed by atoms with van der Waals surface area (Å²) in [6, 6.07) is 19.6. The van der Waals surface area contributed by atoms with Gasteiger partial charge in [0, 0.05) is 39.3 Å². The van der Waals surface area contributed by atoms with Crippen molar-refractivity contribution in [1.82, 2.24) is 20.4 Å². The fourth-order valence-corrected chi connectivity index (χ4v) is 3.14. The Morgan fingerprint density at radius 3 is 1.96 bits per heavy atom. The lowest BCUT2D eigenvalue weighted by Crippen LogP contribution is -2.50. The predicted octanol–water partition coefficient (Wildman–Crippen LogP) is 1.83. The highest BCUT2D eigenvalue weighted by atomic mass is 16.2. The number of carbonyl (C=O) groups is 2. The first kappa shape index (κ1) is 19.1. The molecule has 0 saturated carbocycles. The highest BCUT2D eigenvalue weighted by Crippen LogP contribution is 2.08. The molecule has 1 heterocycles. The fourth-order valence-electron chi connectivity index (χ4n) is 3.14. The van der Waals surface area contributed by atoms with E-state index in [1.165, 1.54) is 5.56 Å². The Morgan fingerprint density at radius 1 is 0.778 bits per heavy atom. The number of nitrogens with zero attached hydrogens (tertiary/aromatic N) is 2. The van der Waals surface area contributed by atoms with Crippen LogP contribution in [0.4, 0.5) is 4.79 Å². The van der Waals surface area contributed by atoms with Crippen molar-refractivity contribution in [3.05, 3.63) is 71.8 Å². The van der Waals surface area contributed by atoms with Crippen LogP contribution in [0.15, 0.2) is 60.7 Å². The van der Waals surface area contributed by atoms with Crippen molar-refractivity contribution in [2.45, 2.75) is 13.1 Å². The molecule has 1 fully saturated rings. The van der Waals surface area contributed by atoms with E-state index in [0.717, 1.165) is 38.3 Å². The summed E-state index contributed by atoms with van der Waals surface area (Å²) in [6.07, 6.45) is 0. The minimum absolute atomic E-state index is 0.248. The second kappa shape index (κ2) is 9.85. The number of hydrogen-bond donors (Lipinski definition) is 2. The number of urea groups is 1. The zero-order valence-corrected chi connectivity index (χ0v) is 15.4. The molecule has 0 aromatic heterocycles. The minimum atomic E-state index is -0.452. The quantitative estimate of drug-likeness (QED) is 0.819. The van der Waals surface area contributed by atoms with Gasteiger partial charge in [-0.05, 0) is 11.1 Å². The third-order valence-electron chi connectivity index (χ3n) is 4.63. The molecule has 3 amide bonds. The van der Waals surface area contributed by atoms with Gasteiger partial charge in [-0.3, -0.25) is 19.9 Å². The monoisotopic (exact) mass is 366 g/mol. The van der Waals surface area contributed by atoms with Crippen molar-refractivity contribution >= 4 is 11.9 Å². The second-order valence-electron chi connectivity index (χ2n) is 6.75. The molecule has 1 aliphatic heterocycles. The molecule has 3 rings (SSSR count). The Kier molecular flexibility index (Phi) is 6.96. The number of imide groups is 1. The average Bonchev–Trinajstić information content (AvgIpc) is 2.69. The molecule has 6 nitrogen and oxygen atoms in total. The van der Waals surface area contributed by atoms with Crippen LogP contribution < -0.4 is 10.6 Å². The maximum Gasteiger partial charge on any atom is 0.321 e. The number of carbonyl (C=O) groups excluding carboxylic acids is 2. The van der Waals surface area contributed by atoms with Crippen LogP contribution in [0, 0.1) is 0 Å². The first-order valence-electron chi connectivity index (χ1n) is 9.29. The van der Waals surface area contributed by atoms with Gasteiger partial charge in [-0.25, -0.2) is 4.79 Å². The third kappa shape index (κ3) is 6.51. The SMILES string of the molecule is O=C(CN1CCN(Cc2ccccc2)CC1)NC(=O)NCc1ccccc1. The van der Waals surface area contributed by atoms with Gasteiger partial charge in [0.25, 0.3) is 0 Å². The smallest absolute Gasteiger partial charge is 0.321 e. The van der Waals surface area contributed by atoms with Gasteiger partial charge in [0.15, 0.2) is 0 Å². The zero-order chi connectivity index (χ0) is 18.9. The van der Waals surface area contributed by atoms with Crippen LogP contribution in [0.1, 0.15) is 11.1 Å². The van der Waals surface area contributed by atoms with Crippen molar-refractivity contribution in [2.75, 3.05) is 32.7 Å². The predicted molar refractivity (Wildman–Crippen MR) is 105 cm³/mol. The molecule has 0 aliphatic carbocycles. The summed E-state index contributed by atoms with van der Waals surface area (Å²) in [5, 5.41) is 5.11. The summed E-state index contributed by atoms with van der Waals surface area (Å²) >= 11 is 0. The topological polar surface area (TPSA) is 64.7 Å². The average molecular weight is 366 g/mol. The highest BCUT2D eigenvalue weighted by Gasteiger charge is 2.19. The van der Waals surface area contributed by atoms with E-state index in [-0.39, 0.29) is 12.5 Å². The van der Waals surface area contributed by atoms with Crippen LogP contribution >= 0.6 is 0 Å². The molecule has 0 bridgehead atoms. The fraction of sp³-hybridized carbons (Fsp3) is 0.333. The second-order valence-corrected chi connectivity index (χ2v) is 6.75. The van der Waals surface area contributed by atoms with Gasteiger partial charge in [-0.1, -0.05) is 60.7 Å². The summed E-state index contributed by atoms with van der Waals surface area (Å²) < 4.78 is 0. The molecule has 1 saturated heterocycles. The Balaban J connectivity index is 1.33. The van der Waals surface area contributed by atoms with Crippen LogP contribution in [0.3, 0.4) is 0 Å². The molecule has 6 heteroatoms.